The Kier molecular flexibility index (Phi) is 8.35. The van der Waals surface area contributed by atoms with Crippen LogP contribution in [0.1, 0.15) is 22.9 Å². The highest BCUT2D eigenvalue weighted by molar-refractivity contribution is 7.92. The van der Waals surface area contributed by atoms with E-state index >= 15 is 0 Å². The standard InChI is InChI=1S/C30H29F4N5O5S/c1-16-36-25-13-20(9-11-26(25)38(16)2)45(43,44)39(3)19-7-4-17(5-8-19)21-14-35-15-22(27(21)29(41)42)28(40)37-24-10-6-18(12-23(24)31)30(32,33)34/h4-13,21-22,27,35H,14-15H2,1-3H3,(H,37,40)(H,41,42)/t21-,22-,27-/m0/s1. The maximum Gasteiger partial charge on any atom is 0.416 e. The Bertz CT molecular complexity index is 1890. The summed E-state index contributed by atoms with van der Waals surface area (Å²) in [6.07, 6.45) is -4.78. The predicted octanol–water partition coefficient (Wildman–Crippen LogP) is 4.51. The summed E-state index contributed by atoms with van der Waals surface area (Å²) in [5, 5.41) is 15.3. The van der Waals surface area contributed by atoms with Crippen molar-refractivity contribution in [2.24, 2.45) is 18.9 Å². The summed E-state index contributed by atoms with van der Waals surface area (Å²) in [7, 11) is -0.761. The Balaban J connectivity index is 1.35. The third-order valence-corrected chi connectivity index (χ3v) is 9.97. The van der Waals surface area contributed by atoms with Crippen molar-refractivity contribution in [3.05, 3.63) is 83.4 Å². The Morgan fingerprint density at radius 1 is 1.07 bits per heavy atom. The Labute approximate surface area is 255 Å². The molecule has 45 heavy (non-hydrogen) atoms. The molecule has 4 aromatic rings. The van der Waals surface area contributed by atoms with Gasteiger partial charge >= 0.3 is 12.1 Å². The molecule has 1 fully saturated rings. The number of imidazole rings is 1. The zero-order chi connectivity index (χ0) is 32.8. The lowest BCUT2D eigenvalue weighted by Crippen LogP contribution is -2.50. The molecule has 5 rings (SSSR count). The number of aliphatic carboxylic acids is 1. The largest absolute Gasteiger partial charge is 0.481 e. The number of halogens is 4. The fourth-order valence-corrected chi connectivity index (χ4v) is 6.78. The predicted molar refractivity (Wildman–Crippen MR) is 158 cm³/mol. The van der Waals surface area contributed by atoms with E-state index in [9.17, 15) is 40.7 Å². The number of alkyl halides is 3. The van der Waals surface area contributed by atoms with Crippen LogP contribution in [0.25, 0.3) is 11.0 Å². The van der Waals surface area contributed by atoms with Gasteiger partial charge in [0.2, 0.25) is 5.91 Å². The maximum absolute atomic E-state index is 14.4. The van der Waals surface area contributed by atoms with Crippen LogP contribution >= 0.6 is 0 Å². The molecular formula is C30H29F4N5O5S. The molecule has 2 heterocycles. The third kappa shape index (κ3) is 6.09. The lowest BCUT2D eigenvalue weighted by molar-refractivity contribution is -0.148. The van der Waals surface area contributed by atoms with E-state index in [4.69, 9.17) is 0 Å². The first-order valence-corrected chi connectivity index (χ1v) is 15.2. The normalized spacial score (nSPS) is 19.0. The number of fused-ring (bicyclic) bond motifs is 1. The van der Waals surface area contributed by atoms with E-state index in [2.05, 4.69) is 15.6 Å². The molecule has 3 atom stereocenters. The molecule has 0 aliphatic carbocycles. The van der Waals surface area contributed by atoms with E-state index in [1.165, 1.54) is 31.3 Å². The van der Waals surface area contributed by atoms with Gasteiger partial charge in [-0.15, -0.1) is 0 Å². The molecule has 1 amide bonds. The number of carbonyl (C=O) groups excluding carboxylic acids is 1. The van der Waals surface area contributed by atoms with Crippen molar-refractivity contribution in [3.8, 4) is 0 Å². The van der Waals surface area contributed by atoms with Gasteiger partial charge in [0.05, 0.1) is 44.7 Å². The summed E-state index contributed by atoms with van der Waals surface area (Å²) in [5.41, 5.74) is 0.386. The fraction of sp³-hybridized carbons (Fsp3) is 0.300. The van der Waals surface area contributed by atoms with Crippen LogP contribution < -0.4 is 14.9 Å². The fourth-order valence-electron chi connectivity index (χ4n) is 5.56. The highest BCUT2D eigenvalue weighted by Crippen LogP contribution is 2.36. The number of carbonyl (C=O) groups is 2. The first-order valence-electron chi connectivity index (χ1n) is 13.7. The first-order chi connectivity index (χ1) is 21.1. The monoisotopic (exact) mass is 647 g/mol. The lowest BCUT2D eigenvalue weighted by atomic mass is 9.74. The quantitative estimate of drug-likeness (QED) is 0.252. The summed E-state index contributed by atoms with van der Waals surface area (Å²) in [6.45, 7) is 1.92. The molecule has 0 bridgehead atoms. The van der Waals surface area contributed by atoms with E-state index in [0.29, 0.717) is 22.8 Å². The molecule has 1 saturated heterocycles. The molecule has 238 valence electrons. The number of sulfonamides is 1. The average molecular weight is 648 g/mol. The lowest BCUT2D eigenvalue weighted by Gasteiger charge is -2.35. The van der Waals surface area contributed by atoms with E-state index in [1.54, 1.807) is 18.2 Å². The molecule has 1 aliphatic heterocycles. The number of anilines is 2. The van der Waals surface area contributed by atoms with Crippen LogP contribution in [0.5, 0.6) is 0 Å². The number of aryl methyl sites for hydroxylation is 2. The van der Waals surface area contributed by atoms with Crippen molar-refractivity contribution < 1.29 is 40.7 Å². The van der Waals surface area contributed by atoms with E-state index in [-0.39, 0.29) is 24.1 Å². The van der Waals surface area contributed by atoms with Gasteiger partial charge in [-0.3, -0.25) is 13.9 Å². The number of benzene rings is 3. The second kappa shape index (κ2) is 11.8. The number of nitrogens with zero attached hydrogens (tertiary/aromatic N) is 3. The Hall–Kier alpha value is -4.50. The van der Waals surface area contributed by atoms with Crippen LogP contribution in [0, 0.1) is 24.6 Å². The number of hydrogen-bond donors (Lipinski definition) is 3. The van der Waals surface area contributed by atoms with E-state index in [0.717, 1.165) is 21.7 Å². The molecule has 1 aliphatic rings. The first kappa shape index (κ1) is 31.9. The van der Waals surface area contributed by atoms with Gasteiger partial charge in [0.25, 0.3) is 10.0 Å². The van der Waals surface area contributed by atoms with Crippen molar-refractivity contribution in [1.29, 1.82) is 0 Å². The van der Waals surface area contributed by atoms with Crippen LogP contribution in [0.2, 0.25) is 0 Å². The molecule has 10 nitrogen and oxygen atoms in total. The number of hydrogen-bond acceptors (Lipinski definition) is 6. The van der Waals surface area contributed by atoms with Gasteiger partial charge < -0.3 is 20.3 Å². The number of aromatic nitrogens is 2. The van der Waals surface area contributed by atoms with Gasteiger partial charge in [-0.2, -0.15) is 13.2 Å². The van der Waals surface area contributed by atoms with Crippen LogP contribution in [0.15, 0.2) is 65.6 Å². The van der Waals surface area contributed by atoms with E-state index in [1.807, 2.05) is 18.5 Å². The van der Waals surface area contributed by atoms with Crippen molar-refractivity contribution in [2.45, 2.75) is 23.9 Å². The molecule has 15 heteroatoms. The minimum absolute atomic E-state index is 0.0421. The second-order valence-corrected chi connectivity index (χ2v) is 12.8. The van der Waals surface area contributed by atoms with Crippen LogP contribution in [-0.4, -0.2) is 55.1 Å². The highest BCUT2D eigenvalue weighted by Gasteiger charge is 2.43. The van der Waals surface area contributed by atoms with Crippen LogP contribution in [0.3, 0.4) is 0 Å². The minimum Gasteiger partial charge on any atom is -0.481 e. The van der Waals surface area contributed by atoms with Crippen LogP contribution in [0.4, 0.5) is 28.9 Å². The number of rotatable bonds is 7. The number of amides is 1. The van der Waals surface area contributed by atoms with Crippen molar-refractivity contribution in [3.63, 3.8) is 0 Å². The summed E-state index contributed by atoms with van der Waals surface area (Å²) in [4.78, 5) is 29.9. The zero-order valence-corrected chi connectivity index (χ0v) is 25.1. The van der Waals surface area contributed by atoms with Crippen LogP contribution in [-0.2, 0) is 32.8 Å². The van der Waals surface area contributed by atoms with Gasteiger partial charge in [-0.25, -0.2) is 17.8 Å². The third-order valence-electron chi connectivity index (χ3n) is 8.19. The van der Waals surface area contributed by atoms with Crippen molar-refractivity contribution >= 4 is 44.3 Å². The SMILES string of the molecule is Cc1nc2cc(S(=O)(=O)N(C)c3ccc([C@@H]4CNC[C@H](C(=O)Nc5ccc(C(F)(F)F)cc5F)[C@H]4C(=O)O)cc3)ccc2n1C. The smallest absolute Gasteiger partial charge is 0.416 e. The summed E-state index contributed by atoms with van der Waals surface area (Å²) < 4.78 is 82.9. The number of nitrogens with one attached hydrogen (secondary N) is 2. The molecule has 0 unspecified atom stereocenters. The maximum atomic E-state index is 14.4. The second-order valence-electron chi connectivity index (χ2n) is 10.8. The highest BCUT2D eigenvalue weighted by atomic mass is 32.2. The number of carboxylic acids is 1. The minimum atomic E-state index is -4.78. The summed E-state index contributed by atoms with van der Waals surface area (Å²) in [5.74, 6) is -5.96. The zero-order valence-electron chi connectivity index (χ0n) is 24.3. The molecule has 0 saturated carbocycles. The Morgan fingerprint density at radius 3 is 2.38 bits per heavy atom. The molecule has 0 radical (unpaired) electrons. The van der Waals surface area contributed by atoms with Crippen molar-refractivity contribution in [1.82, 2.24) is 14.9 Å². The molecule has 1 aromatic heterocycles. The Morgan fingerprint density at radius 2 is 1.76 bits per heavy atom. The topological polar surface area (TPSA) is 134 Å². The van der Waals surface area contributed by atoms with Gasteiger partial charge in [0.1, 0.15) is 11.6 Å². The molecule has 0 spiro atoms. The van der Waals surface area contributed by atoms with E-state index < -0.39 is 62.9 Å². The summed E-state index contributed by atoms with van der Waals surface area (Å²) >= 11 is 0. The van der Waals surface area contributed by atoms with Gasteiger partial charge in [-0.05, 0) is 61.0 Å². The molecule has 3 N–H and O–H groups in total. The van der Waals surface area contributed by atoms with Gasteiger partial charge in [0.15, 0.2) is 0 Å². The molecule has 3 aromatic carbocycles. The van der Waals surface area contributed by atoms with Crippen molar-refractivity contribution in [2.75, 3.05) is 29.8 Å². The molecular weight excluding hydrogens is 618 g/mol. The van der Waals surface area contributed by atoms with Gasteiger partial charge in [0, 0.05) is 33.1 Å². The average Bonchev–Trinajstić information content (AvgIpc) is 3.28. The number of piperidine rings is 1. The van der Waals surface area contributed by atoms with Gasteiger partial charge in [-0.1, -0.05) is 12.1 Å². The number of carboxylic acid groups (broad SMARTS) is 1. The summed E-state index contributed by atoms with van der Waals surface area (Å²) in [6, 6.07) is 12.5.